The van der Waals surface area contributed by atoms with Crippen LogP contribution in [-0.2, 0) is 19.3 Å². The monoisotopic (exact) mass is 514 g/mol. The highest BCUT2D eigenvalue weighted by Gasteiger charge is 2.33. The zero-order valence-electron chi connectivity index (χ0n) is 22.4. The van der Waals surface area contributed by atoms with Gasteiger partial charge in [-0.05, 0) is 187 Å². The molecule has 3 aliphatic rings. The van der Waals surface area contributed by atoms with E-state index < -0.39 is 0 Å². The lowest BCUT2D eigenvalue weighted by Gasteiger charge is -2.14. The Morgan fingerprint density at radius 1 is 0.293 bits per heavy atom. The van der Waals surface area contributed by atoms with E-state index in [2.05, 4.69) is 97.1 Å². The van der Waals surface area contributed by atoms with E-state index in [-0.39, 0.29) is 0 Å². The zero-order chi connectivity index (χ0) is 26.1. The van der Waals surface area contributed by atoms with Gasteiger partial charge < -0.3 is 0 Å². The molecule has 0 saturated carbocycles. The van der Waals surface area contributed by atoms with Gasteiger partial charge in [-0.3, -0.25) is 0 Å². The van der Waals surface area contributed by atoms with E-state index in [0.717, 1.165) is 19.3 Å². The minimum absolute atomic E-state index is 1.05. The lowest BCUT2D eigenvalue weighted by molar-refractivity contribution is 1.24. The summed E-state index contributed by atoms with van der Waals surface area (Å²) in [4.78, 5) is 0. The predicted octanol–water partition coefficient (Wildman–Crippen LogP) is 10.6. The Kier molecular flexibility index (Phi) is 3.10. The van der Waals surface area contributed by atoms with E-state index in [1.165, 1.54) is 76.1 Å². The molecule has 0 atom stereocenters. The minimum atomic E-state index is 1.05. The highest BCUT2D eigenvalue weighted by molar-refractivity contribution is 6.36. The molecule has 0 saturated heterocycles. The van der Waals surface area contributed by atoms with E-state index in [1.54, 1.807) is 43.4 Å². The van der Waals surface area contributed by atoms with Crippen LogP contribution in [0.25, 0.3) is 86.2 Å². The van der Waals surface area contributed by atoms with Crippen LogP contribution < -0.4 is 0 Å². The van der Waals surface area contributed by atoms with Gasteiger partial charge in [0.2, 0.25) is 0 Å². The third-order valence-corrected chi connectivity index (χ3v) is 10.9. The van der Waals surface area contributed by atoms with Gasteiger partial charge in [0.1, 0.15) is 0 Å². The van der Waals surface area contributed by atoms with E-state index in [0.29, 0.717) is 0 Å². The fourth-order valence-corrected chi connectivity index (χ4v) is 9.18. The van der Waals surface area contributed by atoms with Crippen LogP contribution in [0.1, 0.15) is 33.4 Å². The van der Waals surface area contributed by atoms with Crippen molar-refractivity contribution in [3.8, 4) is 0 Å². The van der Waals surface area contributed by atoms with Crippen molar-refractivity contribution in [2.75, 3.05) is 0 Å². The summed E-state index contributed by atoms with van der Waals surface area (Å²) < 4.78 is 0. The fourth-order valence-electron chi connectivity index (χ4n) is 9.18. The minimum Gasteiger partial charge on any atom is -0.0616 e. The highest BCUT2D eigenvalue weighted by Crippen LogP contribution is 2.55. The van der Waals surface area contributed by atoms with Crippen LogP contribution in [0.15, 0.2) is 97.1 Å². The average Bonchev–Trinajstić information content (AvgIpc) is 3.68. The van der Waals surface area contributed by atoms with Crippen LogP contribution in [0.5, 0.6) is 0 Å². The van der Waals surface area contributed by atoms with Crippen molar-refractivity contribution in [2.45, 2.75) is 19.3 Å². The Labute approximate surface area is 235 Å². The normalized spacial score (nSPS) is 14.5. The van der Waals surface area contributed by atoms with Crippen molar-refractivity contribution in [3.05, 3.63) is 130 Å². The molecule has 0 heteroatoms. The summed E-state index contributed by atoms with van der Waals surface area (Å²) in [5.41, 5.74) is 9.24. The molecule has 0 nitrogen and oxygen atoms in total. The van der Waals surface area contributed by atoms with Gasteiger partial charge in [-0.2, -0.15) is 0 Å². The summed E-state index contributed by atoms with van der Waals surface area (Å²) in [6.07, 6.45) is 3.19. The van der Waals surface area contributed by atoms with Gasteiger partial charge in [-0.15, -0.1) is 0 Å². The average molecular weight is 515 g/mol. The molecule has 0 fully saturated rings. The van der Waals surface area contributed by atoms with Crippen molar-refractivity contribution < 1.29 is 0 Å². The van der Waals surface area contributed by atoms with Gasteiger partial charge in [0.05, 0.1) is 0 Å². The maximum atomic E-state index is 2.52. The molecule has 0 N–H and O–H groups in total. The summed E-state index contributed by atoms with van der Waals surface area (Å²) in [6, 6.07) is 37.8. The Morgan fingerprint density at radius 3 is 1.07 bits per heavy atom. The Morgan fingerprint density at radius 2 is 0.634 bits per heavy atom. The number of rotatable bonds is 0. The Balaban J connectivity index is 1.23. The summed E-state index contributed by atoms with van der Waals surface area (Å²) in [7, 11) is 0. The molecule has 0 amide bonds. The number of hydrogen-bond donors (Lipinski definition) is 0. The molecule has 9 aromatic carbocycles. The standard InChI is InChI=1S/C41H22/c1-2-4-21-10-27-13-29-15-31-19-33-32(18-30(31)14-28(29)12-26(27)9-20(21)3-1)34-16-24-7-5-22-11-23-6-8-25-17-35(33)41-39(25)37(23)36(22)38(24)40(34)41/h1-10,12-15,18-19H,11,16-17H2. The Bertz CT molecular complexity index is 2620. The lowest BCUT2D eigenvalue weighted by Crippen LogP contribution is -1.91. The first-order valence-electron chi connectivity index (χ1n) is 14.9. The first-order chi connectivity index (χ1) is 20.3. The van der Waals surface area contributed by atoms with Gasteiger partial charge in [-0.1, -0.05) is 48.5 Å². The molecule has 0 heterocycles. The van der Waals surface area contributed by atoms with Gasteiger partial charge in [-0.25, -0.2) is 0 Å². The molecule has 0 unspecified atom stereocenters. The predicted molar refractivity (Wildman–Crippen MR) is 175 cm³/mol. The molecule has 0 radical (unpaired) electrons. The van der Waals surface area contributed by atoms with Crippen LogP contribution in [0.2, 0.25) is 0 Å². The van der Waals surface area contributed by atoms with Gasteiger partial charge in [0, 0.05) is 0 Å². The number of hydrogen-bond acceptors (Lipinski definition) is 0. The van der Waals surface area contributed by atoms with Crippen LogP contribution >= 0.6 is 0 Å². The maximum absolute atomic E-state index is 2.52. The maximum Gasteiger partial charge on any atom is -0.000682 e. The van der Waals surface area contributed by atoms with E-state index >= 15 is 0 Å². The van der Waals surface area contributed by atoms with Crippen LogP contribution in [0, 0.1) is 0 Å². The van der Waals surface area contributed by atoms with Gasteiger partial charge in [0.25, 0.3) is 0 Å². The van der Waals surface area contributed by atoms with Gasteiger partial charge >= 0.3 is 0 Å². The summed E-state index contributed by atoms with van der Waals surface area (Å²) in [6.45, 7) is 0. The zero-order valence-corrected chi connectivity index (χ0v) is 22.4. The lowest BCUT2D eigenvalue weighted by atomic mass is 9.89. The second-order valence-corrected chi connectivity index (χ2v) is 12.8. The van der Waals surface area contributed by atoms with E-state index in [4.69, 9.17) is 0 Å². The summed E-state index contributed by atoms with van der Waals surface area (Å²) >= 11 is 0. The first kappa shape index (κ1) is 20.0. The Hall–Kier alpha value is -4.94. The highest BCUT2D eigenvalue weighted by atomic mass is 14.4. The molecular weight excluding hydrogens is 492 g/mol. The molecule has 9 aromatic rings. The van der Waals surface area contributed by atoms with Crippen molar-refractivity contribution >= 4 is 86.2 Å². The molecule has 0 aliphatic heterocycles. The fraction of sp³-hybridized carbons (Fsp3) is 0.0732. The smallest absolute Gasteiger partial charge is 0.000682 e. The number of benzene rings is 9. The quantitative estimate of drug-likeness (QED) is 0.139. The number of fused-ring (bicyclic) bond motifs is 7. The van der Waals surface area contributed by atoms with Crippen molar-refractivity contribution in [1.82, 2.24) is 0 Å². The first-order valence-corrected chi connectivity index (χ1v) is 14.9. The molecule has 41 heavy (non-hydrogen) atoms. The second-order valence-electron chi connectivity index (χ2n) is 12.8. The van der Waals surface area contributed by atoms with E-state index in [9.17, 15) is 0 Å². The van der Waals surface area contributed by atoms with Crippen molar-refractivity contribution in [3.63, 3.8) is 0 Å². The molecule has 0 spiro atoms. The van der Waals surface area contributed by atoms with Crippen LogP contribution in [0.4, 0.5) is 0 Å². The second kappa shape index (κ2) is 6.35. The molecule has 0 aromatic heterocycles. The molecule has 12 rings (SSSR count). The molecule has 3 aliphatic carbocycles. The van der Waals surface area contributed by atoms with Gasteiger partial charge in [0.15, 0.2) is 0 Å². The summed E-state index contributed by atoms with van der Waals surface area (Å²) in [5, 5.41) is 22.9. The molecule has 0 bridgehead atoms. The molecule has 186 valence electrons. The van der Waals surface area contributed by atoms with Crippen LogP contribution in [0.3, 0.4) is 0 Å². The van der Waals surface area contributed by atoms with E-state index in [1.807, 2.05) is 0 Å². The van der Waals surface area contributed by atoms with Crippen molar-refractivity contribution in [2.24, 2.45) is 0 Å². The third kappa shape index (κ3) is 2.20. The van der Waals surface area contributed by atoms with Crippen LogP contribution in [-0.4, -0.2) is 0 Å². The molecular formula is C41H22. The third-order valence-electron chi connectivity index (χ3n) is 10.9. The van der Waals surface area contributed by atoms with Crippen molar-refractivity contribution in [1.29, 1.82) is 0 Å². The SMILES string of the molecule is c1ccc2cc3cc4cc5cc6c7c8c9c(ccc%10c9c9c(ccc%11c9c8c(c6cc5cc4cc3cc2c1)C%11)C%10)C7. The largest absolute Gasteiger partial charge is 0.0616 e. The summed E-state index contributed by atoms with van der Waals surface area (Å²) in [5.74, 6) is 0. The topological polar surface area (TPSA) is 0 Å².